The lowest BCUT2D eigenvalue weighted by Gasteiger charge is -1.99. The van der Waals surface area contributed by atoms with E-state index < -0.39 is 0 Å². The van der Waals surface area contributed by atoms with Gasteiger partial charge in [-0.25, -0.2) is 0 Å². The highest BCUT2D eigenvalue weighted by Gasteiger charge is 2.10. The van der Waals surface area contributed by atoms with Crippen LogP contribution >= 0.6 is 0 Å². The van der Waals surface area contributed by atoms with Gasteiger partial charge in [0.1, 0.15) is 11.3 Å². The summed E-state index contributed by atoms with van der Waals surface area (Å²) < 4.78 is 7.19. The quantitative estimate of drug-likeness (QED) is 0.822. The zero-order valence-electron chi connectivity index (χ0n) is 9.03. The molecule has 0 amide bonds. The van der Waals surface area contributed by atoms with Crippen molar-refractivity contribution < 1.29 is 4.74 Å². The minimum atomic E-state index is 0.594. The van der Waals surface area contributed by atoms with Crippen LogP contribution in [0.1, 0.15) is 5.69 Å². The third-order valence-electron chi connectivity index (χ3n) is 2.56. The van der Waals surface area contributed by atoms with Crippen molar-refractivity contribution in [3.05, 3.63) is 23.9 Å². The molecule has 0 spiro atoms. The molecule has 0 saturated carbocycles. The summed E-state index contributed by atoms with van der Waals surface area (Å²) in [5, 5.41) is 5.61. The second-order valence-electron chi connectivity index (χ2n) is 3.45. The highest BCUT2D eigenvalue weighted by Crippen LogP contribution is 2.26. The molecule has 2 rings (SSSR count). The maximum absolute atomic E-state index is 5.53. The standard InChI is InChI=1S/C11H15N3O/c1-8-9-4-3-5-10(15-2)11(9)13-14(8)7-6-12/h3-5H,6-7,12H2,1-2H3. The summed E-state index contributed by atoms with van der Waals surface area (Å²) in [6.07, 6.45) is 0. The van der Waals surface area contributed by atoms with Crippen LogP contribution in [-0.4, -0.2) is 23.4 Å². The summed E-state index contributed by atoms with van der Waals surface area (Å²) in [7, 11) is 1.66. The van der Waals surface area contributed by atoms with Crippen LogP contribution in [0.4, 0.5) is 0 Å². The molecule has 0 atom stereocenters. The normalized spacial score (nSPS) is 10.9. The number of nitrogens with two attached hydrogens (primary N) is 1. The van der Waals surface area contributed by atoms with E-state index in [4.69, 9.17) is 10.5 Å². The van der Waals surface area contributed by atoms with Gasteiger partial charge in [-0.3, -0.25) is 4.68 Å². The number of aryl methyl sites for hydroxylation is 1. The first kappa shape index (κ1) is 9.98. The molecule has 0 bridgehead atoms. The highest BCUT2D eigenvalue weighted by atomic mass is 16.5. The Labute approximate surface area is 88.6 Å². The molecule has 0 saturated heterocycles. The highest BCUT2D eigenvalue weighted by molar-refractivity contribution is 5.86. The van der Waals surface area contributed by atoms with Crippen molar-refractivity contribution in [3.8, 4) is 5.75 Å². The molecule has 2 N–H and O–H groups in total. The maximum Gasteiger partial charge on any atom is 0.146 e. The van der Waals surface area contributed by atoms with Gasteiger partial charge < -0.3 is 10.5 Å². The lowest BCUT2D eigenvalue weighted by Crippen LogP contribution is -2.12. The number of ether oxygens (including phenoxy) is 1. The number of fused-ring (bicyclic) bond motifs is 1. The second kappa shape index (κ2) is 3.90. The molecule has 80 valence electrons. The number of hydrogen-bond donors (Lipinski definition) is 1. The van der Waals surface area contributed by atoms with E-state index >= 15 is 0 Å². The van der Waals surface area contributed by atoms with Gasteiger partial charge in [0.15, 0.2) is 0 Å². The SMILES string of the molecule is COc1cccc2c(C)n(CCN)nc12. The van der Waals surface area contributed by atoms with Crippen molar-refractivity contribution in [1.29, 1.82) is 0 Å². The van der Waals surface area contributed by atoms with Crippen molar-refractivity contribution >= 4 is 10.9 Å². The first-order valence-electron chi connectivity index (χ1n) is 4.98. The first-order valence-corrected chi connectivity index (χ1v) is 4.98. The van der Waals surface area contributed by atoms with Crippen LogP contribution in [0.5, 0.6) is 5.75 Å². The van der Waals surface area contributed by atoms with E-state index in [2.05, 4.69) is 5.10 Å². The summed E-state index contributed by atoms with van der Waals surface area (Å²) >= 11 is 0. The minimum Gasteiger partial charge on any atom is -0.494 e. The lowest BCUT2D eigenvalue weighted by molar-refractivity contribution is 0.418. The van der Waals surface area contributed by atoms with Crippen molar-refractivity contribution in [2.45, 2.75) is 13.5 Å². The Kier molecular flexibility index (Phi) is 2.60. The van der Waals surface area contributed by atoms with Gasteiger partial charge in [0, 0.05) is 17.6 Å². The molecule has 0 aliphatic rings. The van der Waals surface area contributed by atoms with Crippen molar-refractivity contribution in [1.82, 2.24) is 9.78 Å². The zero-order valence-corrected chi connectivity index (χ0v) is 9.03. The van der Waals surface area contributed by atoms with Gasteiger partial charge in [0.05, 0.1) is 13.7 Å². The average molecular weight is 205 g/mol. The third kappa shape index (κ3) is 1.57. The van der Waals surface area contributed by atoms with Crippen molar-refractivity contribution in [2.24, 2.45) is 5.73 Å². The maximum atomic E-state index is 5.53. The molecule has 0 radical (unpaired) electrons. The van der Waals surface area contributed by atoms with Gasteiger partial charge in [-0.2, -0.15) is 5.10 Å². The molecule has 1 aromatic carbocycles. The van der Waals surface area contributed by atoms with Crippen molar-refractivity contribution in [2.75, 3.05) is 13.7 Å². The molecule has 4 heteroatoms. The number of methoxy groups -OCH3 is 1. The topological polar surface area (TPSA) is 53.1 Å². The molecule has 0 fully saturated rings. The fourth-order valence-corrected chi connectivity index (χ4v) is 1.76. The van der Waals surface area contributed by atoms with Crippen molar-refractivity contribution in [3.63, 3.8) is 0 Å². The molecular weight excluding hydrogens is 190 g/mol. The number of hydrogen-bond acceptors (Lipinski definition) is 3. The minimum absolute atomic E-state index is 0.594. The van der Waals surface area contributed by atoms with Crippen LogP contribution in [-0.2, 0) is 6.54 Å². The lowest BCUT2D eigenvalue weighted by atomic mass is 10.2. The average Bonchev–Trinajstić information content (AvgIpc) is 2.57. The molecule has 1 aromatic heterocycles. The van der Waals surface area contributed by atoms with E-state index in [1.807, 2.05) is 29.8 Å². The van der Waals surface area contributed by atoms with Crippen LogP contribution in [0.15, 0.2) is 18.2 Å². The molecule has 0 unspecified atom stereocenters. The molecule has 0 aliphatic heterocycles. The number of rotatable bonds is 3. The van der Waals surface area contributed by atoms with Gasteiger partial charge in [-0.15, -0.1) is 0 Å². The predicted molar refractivity (Wildman–Crippen MR) is 60.1 cm³/mol. The summed E-state index contributed by atoms with van der Waals surface area (Å²) in [6, 6.07) is 5.94. The Morgan fingerprint density at radius 1 is 1.47 bits per heavy atom. The van der Waals surface area contributed by atoms with Gasteiger partial charge in [0.25, 0.3) is 0 Å². The van der Waals surface area contributed by atoms with E-state index in [-0.39, 0.29) is 0 Å². The third-order valence-corrected chi connectivity index (χ3v) is 2.56. The van der Waals surface area contributed by atoms with Gasteiger partial charge in [-0.1, -0.05) is 12.1 Å². The smallest absolute Gasteiger partial charge is 0.146 e. The van der Waals surface area contributed by atoms with Crippen LogP contribution in [0.25, 0.3) is 10.9 Å². The Morgan fingerprint density at radius 3 is 2.93 bits per heavy atom. The second-order valence-corrected chi connectivity index (χ2v) is 3.45. The Morgan fingerprint density at radius 2 is 2.27 bits per heavy atom. The molecule has 0 aliphatic carbocycles. The summed E-state index contributed by atoms with van der Waals surface area (Å²) in [4.78, 5) is 0. The molecule has 15 heavy (non-hydrogen) atoms. The van der Waals surface area contributed by atoms with E-state index in [0.29, 0.717) is 6.54 Å². The number of benzene rings is 1. The van der Waals surface area contributed by atoms with E-state index in [1.165, 1.54) is 0 Å². The monoisotopic (exact) mass is 205 g/mol. The fourth-order valence-electron chi connectivity index (χ4n) is 1.76. The molecule has 1 heterocycles. The summed E-state index contributed by atoms with van der Waals surface area (Å²) in [5.41, 5.74) is 7.57. The van der Waals surface area contributed by atoms with Gasteiger partial charge in [-0.05, 0) is 13.0 Å². The fraction of sp³-hybridized carbons (Fsp3) is 0.364. The summed E-state index contributed by atoms with van der Waals surface area (Å²) in [5.74, 6) is 0.811. The predicted octanol–water partition coefficient (Wildman–Crippen LogP) is 1.31. The van der Waals surface area contributed by atoms with E-state index in [0.717, 1.165) is 28.9 Å². The van der Waals surface area contributed by atoms with Gasteiger partial charge in [0.2, 0.25) is 0 Å². The van der Waals surface area contributed by atoms with Crippen LogP contribution in [0.2, 0.25) is 0 Å². The van der Waals surface area contributed by atoms with E-state index in [9.17, 15) is 0 Å². The van der Waals surface area contributed by atoms with Crippen LogP contribution in [0.3, 0.4) is 0 Å². The molecule has 4 nitrogen and oxygen atoms in total. The van der Waals surface area contributed by atoms with E-state index in [1.54, 1.807) is 7.11 Å². The largest absolute Gasteiger partial charge is 0.494 e. The van der Waals surface area contributed by atoms with Gasteiger partial charge >= 0.3 is 0 Å². The van der Waals surface area contributed by atoms with Crippen LogP contribution < -0.4 is 10.5 Å². The Bertz CT molecular complexity index is 476. The Hall–Kier alpha value is -1.55. The number of aromatic nitrogens is 2. The zero-order chi connectivity index (χ0) is 10.8. The first-order chi connectivity index (χ1) is 7.27. The molecule has 2 aromatic rings. The Balaban J connectivity index is 2.64. The summed E-state index contributed by atoms with van der Waals surface area (Å²) in [6.45, 7) is 3.38. The number of nitrogens with zero attached hydrogens (tertiary/aromatic N) is 2. The molecular formula is C11H15N3O. The van der Waals surface area contributed by atoms with Crippen LogP contribution in [0, 0.1) is 6.92 Å².